The van der Waals surface area contributed by atoms with Crippen molar-refractivity contribution in [1.82, 2.24) is 0 Å². The average molecular weight is 318 g/mol. The second kappa shape index (κ2) is 11.0. The number of aliphatic carboxylic acids is 1. The van der Waals surface area contributed by atoms with Crippen LogP contribution in [0.25, 0.3) is 0 Å². The maximum Gasteiger partial charge on any atom is 0.323 e. The number of carbonyl (C=O) groups is 1. The topological polar surface area (TPSA) is 102 Å². The fraction of sp³-hybridized carbons (Fsp3) is 0.636. The molecule has 0 saturated carbocycles. The summed E-state index contributed by atoms with van der Waals surface area (Å²) in [5.74, 6) is -0.666. The summed E-state index contributed by atoms with van der Waals surface area (Å²) in [4.78, 5) is 14.6. The molecule has 8 heteroatoms. The van der Waals surface area contributed by atoms with Crippen LogP contribution in [0.5, 0.6) is 0 Å². The maximum atomic E-state index is 12.6. The van der Waals surface area contributed by atoms with E-state index in [0.717, 1.165) is 0 Å². The molecule has 0 bridgehead atoms. The largest absolute Gasteiger partial charge is 0.480 e. The first-order chi connectivity index (χ1) is 7.79. The third kappa shape index (κ3) is 10.7. The van der Waals surface area contributed by atoms with Crippen molar-refractivity contribution in [1.29, 1.82) is 0 Å². The number of hydrogen-bond acceptors (Lipinski definition) is 3. The van der Waals surface area contributed by atoms with Crippen molar-refractivity contribution in [2.75, 3.05) is 13.2 Å². The lowest BCUT2D eigenvalue weighted by molar-refractivity contribution is -0.142. The van der Waals surface area contributed by atoms with E-state index in [2.05, 4.69) is 4.99 Å². The van der Waals surface area contributed by atoms with Gasteiger partial charge in [0, 0.05) is 0 Å². The van der Waals surface area contributed by atoms with E-state index in [1.807, 2.05) is 0 Å². The van der Waals surface area contributed by atoms with E-state index in [1.165, 1.54) is 6.92 Å². The van der Waals surface area contributed by atoms with Gasteiger partial charge in [-0.2, -0.15) is 0 Å². The molecule has 0 heterocycles. The Labute approximate surface area is 125 Å². The van der Waals surface area contributed by atoms with Crippen molar-refractivity contribution in [2.45, 2.75) is 32.2 Å². The molecule has 114 valence electrons. The Balaban J connectivity index is -0.00000128. The lowest BCUT2D eigenvalue weighted by Gasteiger charge is -2.19. The summed E-state index contributed by atoms with van der Waals surface area (Å²) >= 11 is 0. The van der Waals surface area contributed by atoms with Crippen LogP contribution in [0.2, 0.25) is 0 Å². The number of carboxylic acids is 1. The summed E-state index contributed by atoms with van der Waals surface area (Å²) in [5.41, 5.74) is 10.0. The zero-order valence-electron chi connectivity index (χ0n) is 11.1. The normalized spacial score (nSPS) is 14.9. The summed E-state index contributed by atoms with van der Waals surface area (Å²) in [6.45, 7) is 2.72. The molecule has 0 aromatic rings. The van der Waals surface area contributed by atoms with Crippen LogP contribution in [0.15, 0.2) is 16.6 Å². The Morgan fingerprint density at radius 2 is 2.00 bits per heavy atom. The zero-order valence-corrected chi connectivity index (χ0v) is 12.7. The van der Waals surface area contributed by atoms with Gasteiger partial charge in [0.05, 0.1) is 12.4 Å². The van der Waals surface area contributed by atoms with Crippen molar-refractivity contribution in [3.05, 3.63) is 11.6 Å². The van der Waals surface area contributed by atoms with E-state index in [-0.39, 0.29) is 31.2 Å². The molecule has 0 radical (unpaired) electrons. The summed E-state index contributed by atoms with van der Waals surface area (Å²) in [5, 5.41) is 8.80. The van der Waals surface area contributed by atoms with Crippen molar-refractivity contribution in [2.24, 2.45) is 16.5 Å². The highest BCUT2D eigenvalue weighted by molar-refractivity contribution is 5.85. The van der Waals surface area contributed by atoms with Gasteiger partial charge in [-0.15, -0.1) is 24.8 Å². The predicted molar refractivity (Wildman–Crippen MR) is 80.2 cm³/mol. The van der Waals surface area contributed by atoms with Crippen LogP contribution in [0.1, 0.15) is 26.7 Å². The van der Waals surface area contributed by atoms with E-state index in [4.69, 9.17) is 16.6 Å². The third-order valence-corrected chi connectivity index (χ3v) is 2.35. The van der Waals surface area contributed by atoms with Crippen molar-refractivity contribution in [3.63, 3.8) is 0 Å². The van der Waals surface area contributed by atoms with E-state index in [1.54, 1.807) is 13.0 Å². The summed E-state index contributed by atoms with van der Waals surface area (Å²) in [7, 11) is 0. The third-order valence-electron chi connectivity index (χ3n) is 2.35. The molecule has 5 N–H and O–H groups in total. The Kier molecular flexibility index (Phi) is 13.5. The Hall–Kier alpha value is -0.850. The zero-order chi connectivity index (χ0) is 13.5. The highest BCUT2D eigenvalue weighted by atomic mass is 35.5. The number of carboxylic acid groups (broad SMARTS) is 1. The fourth-order valence-corrected chi connectivity index (χ4v) is 1.07. The summed E-state index contributed by atoms with van der Waals surface area (Å²) < 4.78 is 12.6. The van der Waals surface area contributed by atoms with E-state index >= 15 is 0 Å². The van der Waals surface area contributed by atoms with Crippen LogP contribution in [0, 0.1) is 0 Å². The molecule has 0 unspecified atom stereocenters. The molecular weight excluding hydrogens is 296 g/mol. The number of nitrogens with two attached hydrogens (primary N) is 2. The number of hydrogen-bond donors (Lipinski definition) is 3. The van der Waals surface area contributed by atoms with Gasteiger partial charge in [0.1, 0.15) is 12.2 Å². The van der Waals surface area contributed by atoms with Gasteiger partial charge in [-0.3, -0.25) is 9.79 Å². The van der Waals surface area contributed by atoms with Gasteiger partial charge in [-0.25, -0.2) is 4.39 Å². The minimum Gasteiger partial charge on any atom is -0.480 e. The number of nitrogens with zero attached hydrogens (tertiary/aromatic N) is 1. The Bertz CT molecular complexity index is 330. The molecule has 0 saturated heterocycles. The number of aliphatic imine (C=N–C) groups is 1. The van der Waals surface area contributed by atoms with Crippen LogP contribution in [-0.4, -0.2) is 35.7 Å². The molecule has 1 atom stereocenters. The fourth-order valence-electron chi connectivity index (χ4n) is 1.07. The minimum atomic E-state index is -1.33. The minimum absolute atomic E-state index is 0. The second-order valence-electron chi connectivity index (χ2n) is 4.20. The van der Waals surface area contributed by atoms with Crippen LogP contribution in [0.3, 0.4) is 0 Å². The molecule has 0 aliphatic carbocycles. The first-order valence-corrected chi connectivity index (χ1v) is 5.32. The highest BCUT2D eigenvalue weighted by Gasteiger charge is 2.27. The first-order valence-electron chi connectivity index (χ1n) is 5.32. The summed E-state index contributed by atoms with van der Waals surface area (Å²) in [6.07, 6.45) is 2.09. The SMILES string of the molecule is CC(N)=NC/C=C(/CF)CC[C@@](C)(N)C(=O)O.Cl.Cl. The quantitative estimate of drug-likeness (QED) is 0.377. The van der Waals surface area contributed by atoms with Gasteiger partial charge in [-0.05, 0) is 32.3 Å². The van der Waals surface area contributed by atoms with Crippen molar-refractivity contribution in [3.8, 4) is 0 Å². The maximum absolute atomic E-state index is 12.6. The molecule has 0 aliphatic heterocycles. The number of halogens is 3. The molecule has 5 nitrogen and oxygen atoms in total. The van der Waals surface area contributed by atoms with Gasteiger partial charge < -0.3 is 16.6 Å². The van der Waals surface area contributed by atoms with Gasteiger partial charge in [0.2, 0.25) is 0 Å². The molecule has 0 spiro atoms. The second-order valence-corrected chi connectivity index (χ2v) is 4.20. The molecule has 0 aromatic heterocycles. The van der Waals surface area contributed by atoms with Crippen LogP contribution in [-0.2, 0) is 4.79 Å². The Morgan fingerprint density at radius 3 is 2.37 bits per heavy atom. The smallest absolute Gasteiger partial charge is 0.323 e. The van der Waals surface area contributed by atoms with Crippen LogP contribution in [0.4, 0.5) is 4.39 Å². The molecule has 0 rings (SSSR count). The van der Waals surface area contributed by atoms with Gasteiger partial charge in [-0.1, -0.05) is 6.08 Å². The molecule has 0 amide bonds. The van der Waals surface area contributed by atoms with E-state index in [9.17, 15) is 9.18 Å². The van der Waals surface area contributed by atoms with E-state index < -0.39 is 18.2 Å². The molecular formula is C11H22Cl2FN3O2. The lowest BCUT2D eigenvalue weighted by atomic mass is 9.94. The average Bonchev–Trinajstić information content (AvgIpc) is 2.22. The molecule has 0 aliphatic rings. The monoisotopic (exact) mass is 317 g/mol. The van der Waals surface area contributed by atoms with Gasteiger partial charge in [0.25, 0.3) is 0 Å². The van der Waals surface area contributed by atoms with Gasteiger partial charge >= 0.3 is 5.97 Å². The molecule has 0 aromatic carbocycles. The standard InChI is InChI=1S/C11H20FN3O2.2ClH/c1-8(13)15-6-4-9(7-12)3-5-11(2,14)10(16)17;;/h4H,3,5-7,14H2,1-2H3,(H2,13,15)(H,16,17);2*1H/b9-4+;;/t11-;;/m1../s1. The number of rotatable bonds is 7. The molecule has 19 heavy (non-hydrogen) atoms. The number of allylic oxidation sites excluding steroid dienone is 1. The Morgan fingerprint density at radius 1 is 1.47 bits per heavy atom. The van der Waals surface area contributed by atoms with Crippen LogP contribution >= 0.6 is 24.8 Å². The van der Waals surface area contributed by atoms with Crippen molar-refractivity contribution >= 4 is 36.6 Å². The lowest BCUT2D eigenvalue weighted by Crippen LogP contribution is -2.44. The van der Waals surface area contributed by atoms with E-state index in [0.29, 0.717) is 24.4 Å². The number of alkyl halides is 1. The molecule has 0 fully saturated rings. The predicted octanol–water partition coefficient (Wildman–Crippen LogP) is 1.69. The number of amidine groups is 1. The van der Waals surface area contributed by atoms with Gasteiger partial charge in [0.15, 0.2) is 0 Å². The van der Waals surface area contributed by atoms with Crippen molar-refractivity contribution < 1.29 is 14.3 Å². The van der Waals surface area contributed by atoms with Crippen LogP contribution < -0.4 is 11.5 Å². The summed E-state index contributed by atoms with van der Waals surface area (Å²) in [6, 6.07) is 0. The first kappa shape index (κ1) is 23.3. The highest BCUT2D eigenvalue weighted by Crippen LogP contribution is 2.14.